The van der Waals surface area contributed by atoms with Gasteiger partial charge in [0.25, 0.3) is 0 Å². The Kier molecular flexibility index (Phi) is 7.79. The Labute approximate surface area is 75.7 Å². The van der Waals surface area contributed by atoms with Crippen LogP contribution in [0.4, 0.5) is 0 Å². The quantitative estimate of drug-likeness (QED) is 0.427. The van der Waals surface area contributed by atoms with Crippen LogP contribution in [-0.2, 0) is 9.47 Å². The molecule has 0 N–H and O–H groups in total. The number of ether oxygens (including phenoxy) is 2. The van der Waals surface area contributed by atoms with Crippen molar-refractivity contribution in [1.29, 1.82) is 0 Å². The Morgan fingerprint density at radius 2 is 2.30 bits per heavy atom. The average molecular weight is 256 g/mol. The summed E-state index contributed by atoms with van der Waals surface area (Å²) in [5.41, 5.74) is 0. The van der Waals surface area contributed by atoms with Gasteiger partial charge in [0.15, 0.2) is 0 Å². The maximum atomic E-state index is 5.10. The smallest absolute Gasteiger partial charge is 0.146 e. The van der Waals surface area contributed by atoms with E-state index in [1.54, 1.807) is 7.11 Å². The van der Waals surface area contributed by atoms with Crippen molar-refractivity contribution in [1.82, 2.24) is 0 Å². The summed E-state index contributed by atoms with van der Waals surface area (Å²) in [5, 5.41) is 0. The first-order valence-electron chi connectivity index (χ1n) is 3.22. The summed E-state index contributed by atoms with van der Waals surface area (Å²) in [4.78, 5) is 0. The first-order chi connectivity index (χ1) is 4.81. The monoisotopic (exact) mass is 256 g/mol. The molecule has 0 radical (unpaired) electrons. The zero-order chi connectivity index (χ0) is 7.82. The number of rotatable bonds is 5. The maximum Gasteiger partial charge on any atom is 0.146 e. The van der Waals surface area contributed by atoms with Gasteiger partial charge < -0.3 is 9.47 Å². The molecule has 0 aliphatic carbocycles. The number of methoxy groups -OCH3 is 1. The molecule has 0 aliphatic rings. The lowest BCUT2D eigenvalue weighted by Crippen LogP contribution is -1.97. The first kappa shape index (κ1) is 10.4. The summed E-state index contributed by atoms with van der Waals surface area (Å²) >= 11 is 2.26. The summed E-state index contributed by atoms with van der Waals surface area (Å²) in [6, 6.07) is 0. The van der Waals surface area contributed by atoms with E-state index in [9.17, 15) is 0 Å². The molecule has 0 aliphatic heterocycles. The molecule has 60 valence electrons. The highest BCUT2D eigenvalue weighted by Gasteiger charge is 1.88. The minimum absolute atomic E-state index is 0.379. The molecule has 10 heavy (non-hydrogen) atoms. The Bertz CT molecular complexity index is 102. The molecule has 3 heteroatoms. The van der Waals surface area contributed by atoms with E-state index in [1.165, 1.54) is 3.58 Å². The van der Waals surface area contributed by atoms with E-state index in [0.717, 1.165) is 6.42 Å². The molecule has 0 fully saturated rings. The highest BCUT2D eigenvalue weighted by Crippen LogP contribution is 2.06. The first-order valence-corrected chi connectivity index (χ1v) is 4.30. The number of hydrogen-bond donors (Lipinski definition) is 0. The predicted octanol–water partition coefficient (Wildman–Crippen LogP) is 2.34. The lowest BCUT2D eigenvalue weighted by atomic mass is 10.4. The van der Waals surface area contributed by atoms with Gasteiger partial charge in [-0.25, -0.2) is 0 Å². The van der Waals surface area contributed by atoms with Gasteiger partial charge in [-0.3, -0.25) is 0 Å². The fourth-order valence-corrected chi connectivity index (χ4v) is 1.16. The lowest BCUT2D eigenvalue weighted by Gasteiger charge is -2.00. The van der Waals surface area contributed by atoms with Gasteiger partial charge in [-0.15, -0.1) is 0 Å². The molecule has 0 heterocycles. The second kappa shape index (κ2) is 7.50. The van der Waals surface area contributed by atoms with Crippen LogP contribution < -0.4 is 0 Å². The second-order valence-electron chi connectivity index (χ2n) is 1.81. The average Bonchev–Trinajstić information content (AvgIpc) is 1.89. The molecule has 0 saturated heterocycles. The molecule has 0 rings (SSSR count). The van der Waals surface area contributed by atoms with E-state index < -0.39 is 0 Å². The molecule has 0 aromatic heterocycles. The lowest BCUT2D eigenvalue weighted by molar-refractivity contribution is -0.0190. The third kappa shape index (κ3) is 6.51. The normalized spacial score (nSPS) is 12.1. The fourth-order valence-electron chi connectivity index (χ4n) is 0.503. The molecule has 0 saturated carbocycles. The topological polar surface area (TPSA) is 18.5 Å². The summed E-state index contributed by atoms with van der Waals surface area (Å²) in [6.45, 7) is 3.15. The predicted molar refractivity (Wildman–Crippen MR) is 50.2 cm³/mol. The molecule has 0 aromatic carbocycles. The van der Waals surface area contributed by atoms with Crippen LogP contribution in [0.15, 0.2) is 9.66 Å². The summed E-state index contributed by atoms with van der Waals surface area (Å²) < 4.78 is 11.1. The van der Waals surface area contributed by atoms with E-state index in [0.29, 0.717) is 13.4 Å². The Morgan fingerprint density at radius 3 is 2.80 bits per heavy atom. The summed E-state index contributed by atoms with van der Waals surface area (Å²) in [5.74, 6) is 0. The Hall–Kier alpha value is 0.390. The van der Waals surface area contributed by atoms with Crippen molar-refractivity contribution in [3.8, 4) is 0 Å². The molecule has 0 aromatic rings. The summed E-state index contributed by atoms with van der Waals surface area (Å²) in [6.07, 6.45) is 3.20. The van der Waals surface area contributed by atoms with Crippen molar-refractivity contribution in [2.24, 2.45) is 0 Å². The molecule has 0 amide bonds. The standard InChI is InChI=1S/C7H13IO2/c1-3-4-7(8)5-10-6-9-2/h4H,3,5-6H2,1-2H3/b7-4+. The van der Waals surface area contributed by atoms with Gasteiger partial charge in [-0.1, -0.05) is 13.0 Å². The highest BCUT2D eigenvalue weighted by molar-refractivity contribution is 14.1. The third-order valence-corrected chi connectivity index (χ3v) is 1.62. The van der Waals surface area contributed by atoms with Crippen LogP contribution in [0.25, 0.3) is 0 Å². The van der Waals surface area contributed by atoms with Gasteiger partial charge in [0.05, 0.1) is 6.61 Å². The van der Waals surface area contributed by atoms with Crippen LogP contribution in [0.3, 0.4) is 0 Å². The Balaban J connectivity index is 3.21. The molecule has 0 spiro atoms. The molecule has 0 atom stereocenters. The van der Waals surface area contributed by atoms with E-state index in [-0.39, 0.29) is 0 Å². The minimum atomic E-state index is 0.379. The van der Waals surface area contributed by atoms with Crippen LogP contribution in [0.1, 0.15) is 13.3 Å². The van der Waals surface area contributed by atoms with E-state index in [1.807, 2.05) is 0 Å². The molecule has 0 bridgehead atoms. The van der Waals surface area contributed by atoms with Crippen molar-refractivity contribution in [2.75, 3.05) is 20.5 Å². The van der Waals surface area contributed by atoms with E-state index >= 15 is 0 Å². The Morgan fingerprint density at radius 1 is 1.60 bits per heavy atom. The summed E-state index contributed by atoms with van der Waals surface area (Å²) in [7, 11) is 1.62. The van der Waals surface area contributed by atoms with Crippen LogP contribution in [-0.4, -0.2) is 20.5 Å². The van der Waals surface area contributed by atoms with E-state index in [2.05, 4.69) is 35.6 Å². The molecular formula is C7H13IO2. The number of halogens is 1. The molecule has 2 nitrogen and oxygen atoms in total. The van der Waals surface area contributed by atoms with Crippen molar-refractivity contribution in [3.05, 3.63) is 9.66 Å². The minimum Gasteiger partial charge on any atom is -0.359 e. The van der Waals surface area contributed by atoms with Gasteiger partial charge in [0, 0.05) is 10.7 Å². The molecular weight excluding hydrogens is 243 g/mol. The van der Waals surface area contributed by atoms with Gasteiger partial charge in [0.1, 0.15) is 6.79 Å². The van der Waals surface area contributed by atoms with Crippen LogP contribution in [0.5, 0.6) is 0 Å². The highest BCUT2D eigenvalue weighted by atomic mass is 127. The second-order valence-corrected chi connectivity index (χ2v) is 3.20. The zero-order valence-corrected chi connectivity index (χ0v) is 8.55. The van der Waals surface area contributed by atoms with Crippen LogP contribution in [0, 0.1) is 0 Å². The van der Waals surface area contributed by atoms with Gasteiger partial charge in [-0.05, 0) is 29.0 Å². The van der Waals surface area contributed by atoms with Crippen molar-refractivity contribution >= 4 is 22.6 Å². The van der Waals surface area contributed by atoms with Gasteiger partial charge in [0.2, 0.25) is 0 Å². The van der Waals surface area contributed by atoms with Crippen LogP contribution >= 0.6 is 22.6 Å². The number of hydrogen-bond acceptors (Lipinski definition) is 2. The zero-order valence-electron chi connectivity index (χ0n) is 6.39. The number of allylic oxidation sites excluding steroid dienone is 1. The fraction of sp³-hybridized carbons (Fsp3) is 0.714. The van der Waals surface area contributed by atoms with E-state index in [4.69, 9.17) is 9.47 Å². The van der Waals surface area contributed by atoms with Crippen molar-refractivity contribution < 1.29 is 9.47 Å². The van der Waals surface area contributed by atoms with Gasteiger partial charge >= 0.3 is 0 Å². The van der Waals surface area contributed by atoms with Crippen molar-refractivity contribution in [3.63, 3.8) is 0 Å². The van der Waals surface area contributed by atoms with Gasteiger partial charge in [-0.2, -0.15) is 0 Å². The van der Waals surface area contributed by atoms with Crippen LogP contribution in [0.2, 0.25) is 0 Å². The SMILES string of the molecule is CC/C=C(/I)COCOC. The maximum absolute atomic E-state index is 5.10. The van der Waals surface area contributed by atoms with Crippen molar-refractivity contribution in [2.45, 2.75) is 13.3 Å². The molecule has 0 unspecified atom stereocenters. The largest absolute Gasteiger partial charge is 0.359 e. The third-order valence-electron chi connectivity index (χ3n) is 0.867.